The van der Waals surface area contributed by atoms with E-state index in [2.05, 4.69) is 18.7 Å². The van der Waals surface area contributed by atoms with Crippen LogP contribution in [0.25, 0.3) is 0 Å². The predicted molar refractivity (Wildman–Crippen MR) is 59.4 cm³/mol. The normalized spacial score (nSPS) is 22.1. The van der Waals surface area contributed by atoms with Crippen LogP contribution in [0, 0.1) is 0 Å². The highest BCUT2D eigenvalue weighted by Crippen LogP contribution is 2.30. The van der Waals surface area contributed by atoms with E-state index in [4.69, 9.17) is 10.5 Å². The van der Waals surface area contributed by atoms with Crippen molar-refractivity contribution >= 4 is 0 Å². The Morgan fingerprint density at radius 3 is 2.50 bits per heavy atom. The fraction of sp³-hybridized carbons (Fsp3) is 1.00. The molecule has 0 heterocycles. The van der Waals surface area contributed by atoms with Crippen LogP contribution in [-0.2, 0) is 4.74 Å². The minimum Gasteiger partial charge on any atom is -0.383 e. The molecule has 0 aliphatic heterocycles. The summed E-state index contributed by atoms with van der Waals surface area (Å²) >= 11 is 0. The fourth-order valence-corrected chi connectivity index (χ4v) is 2.12. The number of methoxy groups -OCH3 is 1. The van der Waals surface area contributed by atoms with Gasteiger partial charge in [0.2, 0.25) is 0 Å². The van der Waals surface area contributed by atoms with Crippen LogP contribution in [0.5, 0.6) is 0 Å². The number of nitrogens with two attached hydrogens (primary N) is 1. The van der Waals surface area contributed by atoms with Crippen molar-refractivity contribution in [2.24, 2.45) is 5.73 Å². The van der Waals surface area contributed by atoms with Gasteiger partial charge in [0.25, 0.3) is 0 Å². The molecule has 0 radical (unpaired) electrons. The van der Waals surface area contributed by atoms with E-state index in [1.54, 1.807) is 7.11 Å². The van der Waals surface area contributed by atoms with E-state index in [1.165, 1.54) is 19.3 Å². The van der Waals surface area contributed by atoms with Gasteiger partial charge in [-0.15, -0.1) is 0 Å². The second-order valence-electron chi connectivity index (χ2n) is 4.58. The average Bonchev–Trinajstić information content (AvgIpc) is 2.11. The maximum atomic E-state index is 6.23. The smallest absolute Gasteiger partial charge is 0.0615 e. The summed E-state index contributed by atoms with van der Waals surface area (Å²) in [7, 11) is 1.76. The molecule has 3 heteroatoms. The lowest BCUT2D eigenvalue weighted by Gasteiger charge is -2.43. The van der Waals surface area contributed by atoms with Crippen LogP contribution in [0.3, 0.4) is 0 Å². The highest BCUT2D eigenvalue weighted by Gasteiger charge is 2.34. The maximum Gasteiger partial charge on any atom is 0.0615 e. The van der Waals surface area contributed by atoms with Crippen molar-refractivity contribution in [3.05, 3.63) is 0 Å². The Hall–Kier alpha value is -0.120. The molecule has 1 saturated carbocycles. The first-order valence-corrected chi connectivity index (χ1v) is 5.63. The minimum atomic E-state index is 0.0952. The molecular weight excluding hydrogens is 176 g/mol. The summed E-state index contributed by atoms with van der Waals surface area (Å²) < 4.78 is 5.17. The molecule has 1 atom stereocenters. The molecule has 0 aromatic carbocycles. The molecule has 3 nitrogen and oxygen atoms in total. The van der Waals surface area contributed by atoms with E-state index in [0.717, 1.165) is 19.7 Å². The average molecular weight is 200 g/mol. The van der Waals surface area contributed by atoms with Gasteiger partial charge in [0, 0.05) is 25.2 Å². The zero-order valence-corrected chi connectivity index (χ0v) is 9.75. The minimum absolute atomic E-state index is 0.0952. The maximum absolute atomic E-state index is 6.23. The molecule has 1 rings (SSSR count). The van der Waals surface area contributed by atoms with Crippen molar-refractivity contribution in [3.8, 4) is 0 Å². The van der Waals surface area contributed by atoms with Crippen LogP contribution >= 0.6 is 0 Å². The van der Waals surface area contributed by atoms with Gasteiger partial charge in [0.05, 0.1) is 6.61 Å². The topological polar surface area (TPSA) is 38.5 Å². The predicted octanol–water partition coefficient (Wildman–Crippen LogP) is 1.22. The van der Waals surface area contributed by atoms with E-state index >= 15 is 0 Å². The second-order valence-corrected chi connectivity index (χ2v) is 4.58. The molecule has 1 aliphatic rings. The number of nitrogens with zero attached hydrogens (tertiary/aromatic N) is 1. The molecule has 1 aliphatic carbocycles. The lowest BCUT2D eigenvalue weighted by atomic mass is 9.77. The van der Waals surface area contributed by atoms with Crippen molar-refractivity contribution in [1.82, 2.24) is 4.90 Å². The Morgan fingerprint density at radius 1 is 1.50 bits per heavy atom. The van der Waals surface area contributed by atoms with E-state index in [-0.39, 0.29) is 5.54 Å². The quantitative estimate of drug-likeness (QED) is 0.701. The van der Waals surface area contributed by atoms with Gasteiger partial charge in [-0.1, -0.05) is 6.92 Å². The summed E-state index contributed by atoms with van der Waals surface area (Å²) in [4.78, 5) is 2.42. The molecule has 1 unspecified atom stereocenters. The summed E-state index contributed by atoms with van der Waals surface area (Å²) in [6.07, 6.45) is 3.67. The van der Waals surface area contributed by atoms with E-state index in [1.807, 2.05) is 0 Å². The Balaban J connectivity index is 2.37. The Labute approximate surface area is 87.6 Å². The second kappa shape index (κ2) is 5.10. The molecule has 0 saturated heterocycles. The van der Waals surface area contributed by atoms with Crippen molar-refractivity contribution in [1.29, 1.82) is 0 Å². The van der Waals surface area contributed by atoms with Crippen LogP contribution in [0.15, 0.2) is 0 Å². The third-order valence-corrected chi connectivity index (χ3v) is 3.30. The van der Waals surface area contributed by atoms with Gasteiger partial charge in [-0.25, -0.2) is 0 Å². The highest BCUT2D eigenvalue weighted by molar-refractivity contribution is 4.95. The van der Waals surface area contributed by atoms with Crippen LogP contribution < -0.4 is 5.73 Å². The molecule has 0 amide bonds. The van der Waals surface area contributed by atoms with Crippen LogP contribution in [-0.4, -0.2) is 43.3 Å². The zero-order valence-electron chi connectivity index (χ0n) is 9.75. The van der Waals surface area contributed by atoms with Crippen molar-refractivity contribution in [3.63, 3.8) is 0 Å². The lowest BCUT2D eigenvalue weighted by molar-refractivity contribution is 0.0683. The summed E-state index contributed by atoms with van der Waals surface area (Å²) in [6.45, 7) is 7.27. The van der Waals surface area contributed by atoms with Gasteiger partial charge in [-0.3, -0.25) is 4.90 Å². The Morgan fingerprint density at radius 2 is 2.14 bits per heavy atom. The van der Waals surface area contributed by atoms with Crippen LogP contribution in [0.1, 0.15) is 33.1 Å². The SMILES string of the molecule is CCN(CC1(N)CCC1)C(C)COC. The van der Waals surface area contributed by atoms with Crippen LogP contribution in [0.2, 0.25) is 0 Å². The van der Waals surface area contributed by atoms with Crippen molar-refractivity contribution < 1.29 is 4.74 Å². The molecule has 0 spiro atoms. The largest absolute Gasteiger partial charge is 0.383 e. The van der Waals surface area contributed by atoms with Crippen molar-refractivity contribution in [2.45, 2.75) is 44.7 Å². The molecular formula is C11H24N2O. The first kappa shape index (κ1) is 12.0. The molecule has 84 valence electrons. The monoisotopic (exact) mass is 200 g/mol. The fourth-order valence-electron chi connectivity index (χ4n) is 2.12. The first-order valence-electron chi connectivity index (χ1n) is 5.63. The molecule has 1 fully saturated rings. The van der Waals surface area contributed by atoms with Gasteiger partial charge in [-0.2, -0.15) is 0 Å². The number of ether oxygens (including phenoxy) is 1. The van der Waals surface area contributed by atoms with Gasteiger partial charge >= 0.3 is 0 Å². The lowest BCUT2D eigenvalue weighted by Crippen LogP contribution is -2.57. The van der Waals surface area contributed by atoms with E-state index < -0.39 is 0 Å². The third kappa shape index (κ3) is 2.94. The van der Waals surface area contributed by atoms with Gasteiger partial charge in [0.15, 0.2) is 0 Å². The molecule has 0 aromatic rings. The van der Waals surface area contributed by atoms with E-state index in [9.17, 15) is 0 Å². The number of likely N-dealkylation sites (N-methyl/N-ethyl adjacent to an activating group) is 1. The molecule has 2 N–H and O–H groups in total. The Bertz CT molecular complexity index is 169. The summed E-state index contributed by atoms with van der Waals surface area (Å²) in [5.41, 5.74) is 6.33. The van der Waals surface area contributed by atoms with Gasteiger partial charge < -0.3 is 10.5 Å². The standard InChI is InChI=1S/C11H24N2O/c1-4-13(10(2)8-14-3)9-11(12)6-5-7-11/h10H,4-9,12H2,1-3H3. The molecule has 0 bridgehead atoms. The van der Waals surface area contributed by atoms with E-state index in [0.29, 0.717) is 6.04 Å². The summed E-state index contributed by atoms with van der Waals surface area (Å²) in [5.74, 6) is 0. The summed E-state index contributed by atoms with van der Waals surface area (Å²) in [6, 6.07) is 0.478. The number of rotatable bonds is 6. The Kier molecular flexibility index (Phi) is 4.35. The third-order valence-electron chi connectivity index (χ3n) is 3.30. The number of hydrogen-bond acceptors (Lipinski definition) is 3. The number of hydrogen-bond donors (Lipinski definition) is 1. The van der Waals surface area contributed by atoms with Gasteiger partial charge in [0.1, 0.15) is 0 Å². The first-order chi connectivity index (χ1) is 6.61. The molecule has 14 heavy (non-hydrogen) atoms. The molecule has 0 aromatic heterocycles. The van der Waals surface area contributed by atoms with Crippen molar-refractivity contribution in [2.75, 3.05) is 26.8 Å². The highest BCUT2D eigenvalue weighted by atomic mass is 16.5. The summed E-state index contributed by atoms with van der Waals surface area (Å²) in [5, 5.41) is 0. The van der Waals surface area contributed by atoms with Crippen LogP contribution in [0.4, 0.5) is 0 Å². The van der Waals surface area contributed by atoms with Gasteiger partial charge in [-0.05, 0) is 32.7 Å². The zero-order chi connectivity index (χ0) is 10.6.